The van der Waals surface area contributed by atoms with Gasteiger partial charge in [0, 0.05) is 18.3 Å². The summed E-state index contributed by atoms with van der Waals surface area (Å²) in [6.07, 6.45) is -1.12. The molecule has 1 atom stereocenters. The van der Waals surface area contributed by atoms with Crippen LogP contribution < -0.4 is 15.4 Å². The zero-order chi connectivity index (χ0) is 20.8. The first-order valence-electron chi connectivity index (χ1n) is 8.88. The standard InChI is InChI=1S/C21H21N3O4S/c1-13-17(20(22-2)29-24-13)21(26)28-18(14-7-5-4-6-8-14)19(25)23-15-9-11-16(27-3)12-10-15/h4-12,18,22H,1-3H3,(H,23,25)/t18-/m1/s1. The van der Waals surface area contributed by atoms with Gasteiger partial charge in [0.15, 0.2) is 0 Å². The number of rotatable bonds is 7. The van der Waals surface area contributed by atoms with Gasteiger partial charge in [0.25, 0.3) is 5.91 Å². The maximum absolute atomic E-state index is 13.0. The van der Waals surface area contributed by atoms with Crippen LogP contribution in [0.3, 0.4) is 0 Å². The molecule has 1 aromatic heterocycles. The molecule has 0 spiro atoms. The molecule has 29 heavy (non-hydrogen) atoms. The largest absolute Gasteiger partial charge is 0.497 e. The van der Waals surface area contributed by atoms with E-state index >= 15 is 0 Å². The number of nitrogens with one attached hydrogen (secondary N) is 2. The highest BCUT2D eigenvalue weighted by Gasteiger charge is 2.28. The zero-order valence-electron chi connectivity index (χ0n) is 16.3. The Morgan fingerprint density at radius 3 is 2.38 bits per heavy atom. The van der Waals surface area contributed by atoms with Crippen LogP contribution in [0.5, 0.6) is 5.75 Å². The minimum absolute atomic E-state index is 0.329. The van der Waals surface area contributed by atoms with Crippen molar-refractivity contribution in [1.82, 2.24) is 4.37 Å². The number of benzene rings is 2. The van der Waals surface area contributed by atoms with Gasteiger partial charge < -0.3 is 20.1 Å². The third kappa shape index (κ3) is 4.72. The van der Waals surface area contributed by atoms with Gasteiger partial charge in [0.2, 0.25) is 6.10 Å². The number of hydrogen-bond donors (Lipinski definition) is 2. The summed E-state index contributed by atoms with van der Waals surface area (Å²) >= 11 is 1.17. The molecule has 150 valence electrons. The summed E-state index contributed by atoms with van der Waals surface area (Å²) in [5.41, 5.74) is 2.01. The Kier molecular flexibility index (Phi) is 6.46. The molecule has 0 aliphatic heterocycles. The molecule has 1 amide bonds. The van der Waals surface area contributed by atoms with Crippen molar-refractivity contribution >= 4 is 34.1 Å². The molecule has 2 aromatic carbocycles. The van der Waals surface area contributed by atoms with Crippen LogP contribution in [0, 0.1) is 6.92 Å². The fraction of sp³-hybridized carbons (Fsp3) is 0.190. The van der Waals surface area contributed by atoms with Gasteiger partial charge >= 0.3 is 5.97 Å². The Morgan fingerprint density at radius 2 is 1.76 bits per heavy atom. The molecule has 8 heteroatoms. The third-order valence-electron chi connectivity index (χ3n) is 4.22. The number of methoxy groups -OCH3 is 1. The minimum Gasteiger partial charge on any atom is -0.497 e. The number of carbonyl (C=O) groups excluding carboxylic acids is 2. The molecule has 0 saturated carbocycles. The summed E-state index contributed by atoms with van der Waals surface area (Å²) in [6, 6.07) is 15.8. The highest BCUT2D eigenvalue weighted by molar-refractivity contribution is 7.10. The van der Waals surface area contributed by atoms with Gasteiger partial charge in [0.1, 0.15) is 16.3 Å². The van der Waals surface area contributed by atoms with E-state index in [4.69, 9.17) is 9.47 Å². The van der Waals surface area contributed by atoms with Crippen LogP contribution in [0.25, 0.3) is 0 Å². The second kappa shape index (κ2) is 9.20. The lowest BCUT2D eigenvalue weighted by Gasteiger charge is -2.18. The van der Waals surface area contributed by atoms with Gasteiger partial charge in [-0.1, -0.05) is 30.3 Å². The number of amides is 1. The van der Waals surface area contributed by atoms with Gasteiger partial charge in [-0.3, -0.25) is 4.79 Å². The van der Waals surface area contributed by atoms with E-state index in [0.29, 0.717) is 33.3 Å². The van der Waals surface area contributed by atoms with Crippen molar-refractivity contribution in [3.05, 3.63) is 71.4 Å². The van der Waals surface area contributed by atoms with Gasteiger partial charge in [-0.2, -0.15) is 4.37 Å². The van der Waals surface area contributed by atoms with E-state index in [1.807, 2.05) is 6.07 Å². The molecule has 0 saturated heterocycles. The number of anilines is 2. The van der Waals surface area contributed by atoms with Gasteiger partial charge in [0.05, 0.1) is 12.8 Å². The lowest BCUT2D eigenvalue weighted by atomic mass is 10.1. The van der Waals surface area contributed by atoms with Crippen molar-refractivity contribution in [3.8, 4) is 5.75 Å². The van der Waals surface area contributed by atoms with E-state index < -0.39 is 18.0 Å². The zero-order valence-corrected chi connectivity index (χ0v) is 17.1. The molecular weight excluding hydrogens is 390 g/mol. The number of hydrogen-bond acceptors (Lipinski definition) is 7. The van der Waals surface area contributed by atoms with Crippen LogP contribution in [0.4, 0.5) is 10.7 Å². The SMILES string of the molecule is CNc1snc(C)c1C(=O)O[C@@H](C(=O)Nc1ccc(OC)cc1)c1ccccc1. The molecule has 0 bridgehead atoms. The Balaban J connectivity index is 1.85. The maximum atomic E-state index is 13.0. The normalized spacial score (nSPS) is 11.4. The smallest absolute Gasteiger partial charge is 0.344 e. The van der Waals surface area contributed by atoms with Crippen LogP contribution in [0.15, 0.2) is 54.6 Å². The Hall–Kier alpha value is -3.39. The molecule has 2 N–H and O–H groups in total. The predicted octanol–water partition coefficient (Wildman–Crippen LogP) is 4.04. The quantitative estimate of drug-likeness (QED) is 0.571. The van der Waals surface area contributed by atoms with Crippen LogP contribution >= 0.6 is 11.5 Å². The van der Waals surface area contributed by atoms with Crippen LogP contribution in [-0.2, 0) is 9.53 Å². The highest BCUT2D eigenvalue weighted by atomic mass is 32.1. The molecule has 0 radical (unpaired) electrons. The molecule has 0 fully saturated rings. The number of aryl methyl sites for hydroxylation is 1. The van der Waals surface area contributed by atoms with E-state index in [1.54, 1.807) is 69.6 Å². The average Bonchev–Trinajstić information content (AvgIpc) is 3.13. The maximum Gasteiger partial charge on any atom is 0.344 e. The van der Waals surface area contributed by atoms with Gasteiger partial charge in [-0.25, -0.2) is 4.79 Å². The minimum atomic E-state index is -1.12. The fourth-order valence-corrected chi connectivity index (χ4v) is 3.46. The molecule has 3 rings (SSSR count). The van der Waals surface area contributed by atoms with E-state index in [9.17, 15) is 9.59 Å². The van der Waals surface area contributed by atoms with Crippen LogP contribution in [0.1, 0.15) is 27.7 Å². The third-order valence-corrected chi connectivity index (χ3v) is 5.17. The summed E-state index contributed by atoms with van der Waals surface area (Å²) in [4.78, 5) is 25.8. The molecule has 0 aliphatic rings. The van der Waals surface area contributed by atoms with Crippen molar-refractivity contribution in [1.29, 1.82) is 0 Å². The summed E-state index contributed by atoms with van der Waals surface area (Å²) in [6.45, 7) is 1.73. The number of carbonyl (C=O) groups is 2. The first-order valence-corrected chi connectivity index (χ1v) is 9.65. The molecular formula is C21H21N3O4S. The van der Waals surface area contributed by atoms with Crippen molar-refractivity contribution in [2.75, 3.05) is 24.8 Å². The van der Waals surface area contributed by atoms with E-state index in [2.05, 4.69) is 15.0 Å². The molecule has 1 heterocycles. The number of nitrogens with zero attached hydrogens (tertiary/aromatic N) is 1. The lowest BCUT2D eigenvalue weighted by Crippen LogP contribution is -2.26. The van der Waals surface area contributed by atoms with Crippen molar-refractivity contribution in [2.45, 2.75) is 13.0 Å². The van der Waals surface area contributed by atoms with Crippen molar-refractivity contribution < 1.29 is 19.1 Å². The second-order valence-electron chi connectivity index (χ2n) is 6.14. The van der Waals surface area contributed by atoms with Crippen LogP contribution in [0.2, 0.25) is 0 Å². The topological polar surface area (TPSA) is 89.5 Å². The molecule has 7 nitrogen and oxygen atoms in total. The van der Waals surface area contributed by atoms with Crippen molar-refractivity contribution in [3.63, 3.8) is 0 Å². The average molecular weight is 411 g/mol. The van der Waals surface area contributed by atoms with E-state index in [-0.39, 0.29) is 0 Å². The van der Waals surface area contributed by atoms with E-state index in [1.165, 1.54) is 11.5 Å². The summed E-state index contributed by atoms with van der Waals surface area (Å²) < 4.78 is 14.9. The van der Waals surface area contributed by atoms with Gasteiger partial charge in [-0.05, 0) is 42.7 Å². The summed E-state index contributed by atoms with van der Waals surface area (Å²) in [5.74, 6) is -0.394. The number of esters is 1. The monoisotopic (exact) mass is 411 g/mol. The Bertz CT molecular complexity index is 987. The molecule has 3 aromatic rings. The first-order chi connectivity index (χ1) is 14.0. The molecule has 0 aliphatic carbocycles. The molecule has 0 unspecified atom stereocenters. The Morgan fingerprint density at radius 1 is 1.07 bits per heavy atom. The van der Waals surface area contributed by atoms with Gasteiger partial charge in [-0.15, -0.1) is 0 Å². The second-order valence-corrected chi connectivity index (χ2v) is 6.91. The summed E-state index contributed by atoms with van der Waals surface area (Å²) in [5, 5.41) is 6.31. The van der Waals surface area contributed by atoms with Crippen molar-refractivity contribution in [2.24, 2.45) is 0 Å². The first kappa shape index (κ1) is 20.3. The van der Waals surface area contributed by atoms with Crippen LogP contribution in [-0.4, -0.2) is 30.4 Å². The lowest BCUT2D eigenvalue weighted by molar-refractivity contribution is -0.125. The Labute approximate surface area is 172 Å². The van der Waals surface area contributed by atoms with E-state index in [0.717, 1.165) is 0 Å². The summed E-state index contributed by atoms with van der Waals surface area (Å²) in [7, 11) is 3.27. The fourth-order valence-electron chi connectivity index (χ4n) is 2.73. The highest BCUT2D eigenvalue weighted by Crippen LogP contribution is 2.28. The number of ether oxygens (including phenoxy) is 2. The number of aromatic nitrogens is 1. The predicted molar refractivity (Wildman–Crippen MR) is 113 cm³/mol.